The summed E-state index contributed by atoms with van der Waals surface area (Å²) in [5, 5.41) is 0.385. The average molecular weight is 283 g/mol. The Balaban J connectivity index is 2.49. The van der Waals surface area contributed by atoms with E-state index < -0.39 is 5.82 Å². The summed E-state index contributed by atoms with van der Waals surface area (Å²) >= 11 is 5.98. The van der Waals surface area contributed by atoms with E-state index in [1.165, 1.54) is 35.9 Å². The van der Waals surface area contributed by atoms with Crippen LogP contribution in [-0.2, 0) is 6.54 Å². The number of rotatable bonds is 3. The van der Waals surface area contributed by atoms with Gasteiger partial charge in [0, 0.05) is 16.8 Å². The fourth-order valence-corrected chi connectivity index (χ4v) is 1.91. The molecule has 0 spiro atoms. The van der Waals surface area contributed by atoms with E-state index in [1.54, 1.807) is 6.92 Å². The zero-order valence-corrected chi connectivity index (χ0v) is 11.2. The fraction of sp³-hybridized carbons (Fsp3) is 0.231. The van der Waals surface area contributed by atoms with Crippen LogP contribution in [0.3, 0.4) is 0 Å². The molecule has 0 aliphatic heterocycles. The van der Waals surface area contributed by atoms with Crippen LogP contribution >= 0.6 is 11.6 Å². The van der Waals surface area contributed by atoms with Crippen molar-refractivity contribution < 1.29 is 9.13 Å². The molecular formula is C13H12ClFN2O2. The molecule has 6 heteroatoms. The molecule has 4 nitrogen and oxygen atoms in total. The summed E-state index contributed by atoms with van der Waals surface area (Å²) in [6.07, 6.45) is 0. The van der Waals surface area contributed by atoms with Crippen LogP contribution in [0.1, 0.15) is 11.3 Å². The van der Waals surface area contributed by atoms with E-state index in [9.17, 15) is 9.18 Å². The number of hydrogen-bond donors (Lipinski definition) is 0. The van der Waals surface area contributed by atoms with Crippen molar-refractivity contribution in [1.29, 1.82) is 0 Å². The minimum Gasteiger partial charge on any atom is -0.468 e. The third-order valence-electron chi connectivity index (χ3n) is 2.62. The van der Waals surface area contributed by atoms with Crippen molar-refractivity contribution in [1.82, 2.24) is 9.55 Å². The predicted octanol–water partition coefficient (Wildman–Crippen LogP) is 2.40. The van der Waals surface area contributed by atoms with E-state index in [0.29, 0.717) is 16.3 Å². The molecule has 0 radical (unpaired) electrons. The Bertz CT molecular complexity index is 670. The highest BCUT2D eigenvalue weighted by molar-refractivity contribution is 6.31. The Morgan fingerprint density at radius 2 is 2.16 bits per heavy atom. The van der Waals surface area contributed by atoms with Crippen molar-refractivity contribution in [3.8, 4) is 6.01 Å². The largest absolute Gasteiger partial charge is 0.468 e. The molecule has 0 amide bonds. The Morgan fingerprint density at radius 1 is 1.42 bits per heavy atom. The Morgan fingerprint density at radius 3 is 2.84 bits per heavy atom. The molecule has 2 rings (SSSR count). The van der Waals surface area contributed by atoms with E-state index in [4.69, 9.17) is 16.3 Å². The molecule has 0 N–H and O–H groups in total. The molecule has 0 saturated heterocycles. The summed E-state index contributed by atoms with van der Waals surface area (Å²) in [5.74, 6) is -0.411. The van der Waals surface area contributed by atoms with Crippen molar-refractivity contribution in [3.05, 3.63) is 56.7 Å². The van der Waals surface area contributed by atoms with E-state index >= 15 is 0 Å². The molecule has 1 heterocycles. The smallest absolute Gasteiger partial charge is 0.299 e. The van der Waals surface area contributed by atoms with E-state index in [2.05, 4.69) is 4.98 Å². The van der Waals surface area contributed by atoms with Crippen LogP contribution < -0.4 is 10.3 Å². The lowest BCUT2D eigenvalue weighted by Gasteiger charge is -2.12. The molecule has 2 aromatic rings. The van der Waals surface area contributed by atoms with Gasteiger partial charge in [-0.05, 0) is 30.7 Å². The molecular weight excluding hydrogens is 271 g/mol. The minimum absolute atomic E-state index is 0.103. The lowest BCUT2D eigenvalue weighted by Crippen LogP contribution is -2.23. The number of halogens is 2. The van der Waals surface area contributed by atoms with E-state index in [0.717, 1.165) is 0 Å². The van der Waals surface area contributed by atoms with Crippen molar-refractivity contribution in [3.63, 3.8) is 0 Å². The molecule has 100 valence electrons. The normalized spacial score (nSPS) is 10.5. The predicted molar refractivity (Wildman–Crippen MR) is 70.3 cm³/mol. The van der Waals surface area contributed by atoms with Crippen LogP contribution in [0.5, 0.6) is 6.01 Å². The third-order valence-corrected chi connectivity index (χ3v) is 2.99. The standard InChI is InChI=1S/C13H12ClFN2O2/c1-8-5-12(18)17(13(16-8)19-2)7-9-6-10(15)3-4-11(9)14/h3-6H,7H2,1-2H3. The van der Waals surface area contributed by atoms with Gasteiger partial charge in [0.15, 0.2) is 0 Å². The summed E-state index contributed by atoms with van der Waals surface area (Å²) in [6, 6.07) is 5.55. The lowest BCUT2D eigenvalue weighted by molar-refractivity contribution is 0.349. The summed E-state index contributed by atoms with van der Waals surface area (Å²) in [5.41, 5.74) is 0.779. The first-order valence-electron chi connectivity index (χ1n) is 5.57. The Labute approximate surface area is 114 Å². The summed E-state index contributed by atoms with van der Waals surface area (Å²) in [6.45, 7) is 1.80. The number of hydrogen-bond acceptors (Lipinski definition) is 3. The summed E-state index contributed by atoms with van der Waals surface area (Å²) in [4.78, 5) is 16.0. The first kappa shape index (κ1) is 13.5. The monoisotopic (exact) mass is 282 g/mol. The lowest BCUT2D eigenvalue weighted by atomic mass is 10.2. The first-order chi connectivity index (χ1) is 9.01. The van der Waals surface area contributed by atoms with Gasteiger partial charge in [-0.15, -0.1) is 0 Å². The minimum atomic E-state index is -0.411. The summed E-state index contributed by atoms with van der Waals surface area (Å²) in [7, 11) is 1.42. The van der Waals surface area contributed by atoms with Gasteiger partial charge in [-0.25, -0.2) is 9.37 Å². The summed E-state index contributed by atoms with van der Waals surface area (Å²) < 4.78 is 19.6. The molecule has 0 atom stereocenters. The van der Waals surface area contributed by atoms with Crippen molar-refractivity contribution in [2.45, 2.75) is 13.5 Å². The molecule has 0 bridgehead atoms. The van der Waals surface area contributed by atoms with E-state index in [-0.39, 0.29) is 18.1 Å². The molecule has 19 heavy (non-hydrogen) atoms. The number of aryl methyl sites for hydroxylation is 1. The van der Waals surface area contributed by atoms with Gasteiger partial charge >= 0.3 is 0 Å². The number of aromatic nitrogens is 2. The van der Waals surface area contributed by atoms with Gasteiger partial charge in [-0.1, -0.05) is 11.6 Å². The van der Waals surface area contributed by atoms with Gasteiger partial charge in [-0.2, -0.15) is 0 Å². The van der Waals surface area contributed by atoms with Crippen molar-refractivity contribution >= 4 is 11.6 Å². The number of nitrogens with zero attached hydrogens (tertiary/aromatic N) is 2. The van der Waals surface area contributed by atoms with Gasteiger partial charge in [0.05, 0.1) is 13.7 Å². The second-order valence-electron chi connectivity index (χ2n) is 4.04. The van der Waals surface area contributed by atoms with Gasteiger partial charge in [-0.3, -0.25) is 9.36 Å². The van der Waals surface area contributed by atoms with Crippen LogP contribution in [0.2, 0.25) is 5.02 Å². The van der Waals surface area contributed by atoms with Gasteiger partial charge in [0.25, 0.3) is 11.6 Å². The molecule has 1 aromatic carbocycles. The topological polar surface area (TPSA) is 44.1 Å². The Hall–Kier alpha value is -1.88. The van der Waals surface area contributed by atoms with Gasteiger partial charge < -0.3 is 4.74 Å². The van der Waals surface area contributed by atoms with Crippen LogP contribution in [0, 0.1) is 12.7 Å². The highest BCUT2D eigenvalue weighted by atomic mass is 35.5. The zero-order chi connectivity index (χ0) is 14.0. The first-order valence-corrected chi connectivity index (χ1v) is 5.95. The number of methoxy groups -OCH3 is 1. The second kappa shape index (κ2) is 5.40. The van der Waals surface area contributed by atoms with Crippen LogP contribution in [0.25, 0.3) is 0 Å². The van der Waals surface area contributed by atoms with Crippen LogP contribution in [0.4, 0.5) is 4.39 Å². The second-order valence-corrected chi connectivity index (χ2v) is 4.45. The maximum absolute atomic E-state index is 13.2. The molecule has 0 fully saturated rings. The molecule has 0 aliphatic rings. The van der Waals surface area contributed by atoms with Crippen molar-refractivity contribution in [2.24, 2.45) is 0 Å². The average Bonchev–Trinajstić information content (AvgIpc) is 2.36. The highest BCUT2D eigenvalue weighted by Gasteiger charge is 2.10. The van der Waals surface area contributed by atoms with Crippen molar-refractivity contribution in [2.75, 3.05) is 7.11 Å². The maximum atomic E-state index is 13.2. The SMILES string of the molecule is COc1nc(C)cc(=O)n1Cc1cc(F)ccc1Cl. The maximum Gasteiger partial charge on any atom is 0.299 e. The molecule has 0 saturated carbocycles. The van der Waals surface area contributed by atoms with Gasteiger partial charge in [0.1, 0.15) is 5.82 Å². The highest BCUT2D eigenvalue weighted by Crippen LogP contribution is 2.19. The van der Waals surface area contributed by atoms with Crippen LogP contribution in [0.15, 0.2) is 29.1 Å². The molecule has 1 aromatic heterocycles. The zero-order valence-electron chi connectivity index (χ0n) is 10.5. The number of benzene rings is 1. The van der Waals surface area contributed by atoms with E-state index in [1.807, 2.05) is 0 Å². The third kappa shape index (κ3) is 2.93. The molecule has 0 aliphatic carbocycles. The molecule has 0 unspecified atom stereocenters. The quantitative estimate of drug-likeness (QED) is 0.868. The van der Waals surface area contributed by atoms with Gasteiger partial charge in [0.2, 0.25) is 0 Å². The van der Waals surface area contributed by atoms with Crippen LogP contribution in [-0.4, -0.2) is 16.7 Å². The fourth-order valence-electron chi connectivity index (χ4n) is 1.73. The Kier molecular flexibility index (Phi) is 3.85. The number of ether oxygens (including phenoxy) is 1.